The molecule has 0 aliphatic rings. The van der Waals surface area contributed by atoms with Crippen molar-refractivity contribution in [1.82, 2.24) is 9.55 Å². The van der Waals surface area contributed by atoms with Crippen molar-refractivity contribution in [2.45, 2.75) is 32.7 Å². The monoisotopic (exact) mass is 280 g/mol. The third-order valence-electron chi connectivity index (χ3n) is 3.49. The predicted octanol–water partition coefficient (Wildman–Crippen LogP) is 3.72. The number of aromatic nitrogens is 2. The van der Waals surface area contributed by atoms with Crippen LogP contribution in [0.25, 0.3) is 11.0 Å². The molecule has 0 N–H and O–H groups in total. The number of ether oxygens (including phenoxy) is 1. The highest BCUT2D eigenvalue weighted by Gasteiger charge is 2.16. The molecular weight excluding hydrogens is 260 g/mol. The molecule has 2 aromatic rings. The number of alkyl halides is 1. The lowest BCUT2D eigenvalue weighted by Gasteiger charge is -2.17. The molecular formula is C15H21ClN2O. The molecule has 1 heterocycles. The van der Waals surface area contributed by atoms with Crippen LogP contribution in [0.1, 0.15) is 30.8 Å². The van der Waals surface area contributed by atoms with Crippen LogP contribution in [-0.2, 0) is 11.2 Å². The zero-order chi connectivity index (χ0) is 13.8. The van der Waals surface area contributed by atoms with Gasteiger partial charge in [-0.1, -0.05) is 12.1 Å². The van der Waals surface area contributed by atoms with E-state index in [-0.39, 0.29) is 0 Å². The van der Waals surface area contributed by atoms with Gasteiger partial charge in [0.1, 0.15) is 5.82 Å². The molecule has 0 fully saturated rings. The molecule has 2 rings (SSSR count). The quantitative estimate of drug-likeness (QED) is 0.754. The van der Waals surface area contributed by atoms with Gasteiger partial charge in [0.2, 0.25) is 0 Å². The van der Waals surface area contributed by atoms with Crippen LogP contribution in [-0.4, -0.2) is 29.1 Å². The summed E-state index contributed by atoms with van der Waals surface area (Å²) in [6.07, 6.45) is 1.78. The molecule has 0 radical (unpaired) electrons. The van der Waals surface area contributed by atoms with Crippen LogP contribution in [0.15, 0.2) is 18.2 Å². The van der Waals surface area contributed by atoms with Gasteiger partial charge in [0.05, 0.1) is 11.0 Å². The number of imidazole rings is 1. The van der Waals surface area contributed by atoms with Crippen molar-refractivity contribution >= 4 is 22.6 Å². The summed E-state index contributed by atoms with van der Waals surface area (Å²) >= 11 is 5.91. The Hall–Kier alpha value is -1.06. The summed E-state index contributed by atoms with van der Waals surface area (Å²) in [5.41, 5.74) is 3.50. The molecule has 1 unspecified atom stereocenters. The van der Waals surface area contributed by atoms with Crippen LogP contribution in [0.5, 0.6) is 0 Å². The Balaban J connectivity index is 2.48. The van der Waals surface area contributed by atoms with E-state index in [4.69, 9.17) is 21.3 Å². The fraction of sp³-hybridized carbons (Fsp3) is 0.533. The van der Waals surface area contributed by atoms with E-state index in [2.05, 4.69) is 36.6 Å². The van der Waals surface area contributed by atoms with E-state index in [9.17, 15) is 0 Å². The second-order valence-corrected chi connectivity index (χ2v) is 5.29. The Labute approximate surface area is 119 Å². The molecule has 0 saturated carbocycles. The van der Waals surface area contributed by atoms with Crippen LogP contribution in [0.3, 0.4) is 0 Å². The number of fused-ring (bicyclic) bond motifs is 1. The van der Waals surface area contributed by atoms with Crippen molar-refractivity contribution in [3.8, 4) is 0 Å². The molecule has 0 aliphatic carbocycles. The third-order valence-corrected chi connectivity index (χ3v) is 3.68. The maximum absolute atomic E-state index is 5.91. The Bertz CT molecular complexity index is 550. The van der Waals surface area contributed by atoms with E-state index in [1.54, 1.807) is 7.11 Å². The fourth-order valence-electron chi connectivity index (χ4n) is 2.48. The van der Waals surface area contributed by atoms with Gasteiger partial charge in [0.15, 0.2) is 0 Å². The first kappa shape index (κ1) is 14.4. The molecule has 1 aromatic carbocycles. The number of benzene rings is 1. The van der Waals surface area contributed by atoms with Crippen LogP contribution >= 0.6 is 11.6 Å². The first-order valence-electron chi connectivity index (χ1n) is 6.70. The highest BCUT2D eigenvalue weighted by molar-refractivity contribution is 6.17. The lowest BCUT2D eigenvalue weighted by molar-refractivity contribution is 0.181. The van der Waals surface area contributed by atoms with Crippen molar-refractivity contribution < 1.29 is 4.74 Å². The van der Waals surface area contributed by atoms with Crippen molar-refractivity contribution in [2.75, 3.05) is 19.6 Å². The highest BCUT2D eigenvalue weighted by atomic mass is 35.5. The average molecular weight is 281 g/mol. The van der Waals surface area contributed by atoms with Gasteiger partial charge in [-0.2, -0.15) is 0 Å². The zero-order valence-electron chi connectivity index (χ0n) is 11.8. The second-order valence-electron chi connectivity index (χ2n) is 4.91. The summed E-state index contributed by atoms with van der Waals surface area (Å²) in [5.74, 6) is 1.67. The molecule has 19 heavy (non-hydrogen) atoms. The summed E-state index contributed by atoms with van der Waals surface area (Å²) in [7, 11) is 1.74. The van der Waals surface area contributed by atoms with Gasteiger partial charge < -0.3 is 9.30 Å². The van der Waals surface area contributed by atoms with Gasteiger partial charge in [0, 0.05) is 32.1 Å². The van der Waals surface area contributed by atoms with E-state index in [0.717, 1.165) is 30.8 Å². The van der Waals surface area contributed by atoms with E-state index >= 15 is 0 Å². The number of hydrogen-bond donors (Lipinski definition) is 0. The third kappa shape index (κ3) is 2.93. The number of para-hydroxylation sites is 1. The molecule has 0 spiro atoms. The van der Waals surface area contributed by atoms with Crippen LogP contribution in [0, 0.1) is 6.92 Å². The molecule has 4 heteroatoms. The number of methoxy groups -OCH3 is 1. The Morgan fingerprint density at radius 1 is 1.42 bits per heavy atom. The number of aryl methyl sites for hydroxylation is 2. The first-order valence-corrected chi connectivity index (χ1v) is 7.23. The summed E-state index contributed by atoms with van der Waals surface area (Å²) in [6.45, 7) is 5.07. The molecule has 0 bridgehead atoms. The smallest absolute Gasteiger partial charge is 0.111 e. The molecule has 1 aromatic heterocycles. The molecule has 0 saturated heterocycles. The average Bonchev–Trinajstić information content (AvgIpc) is 2.76. The minimum Gasteiger partial charge on any atom is -0.385 e. The van der Waals surface area contributed by atoms with E-state index in [1.807, 2.05) is 0 Å². The standard InChI is InChI=1S/C15H21ClN2O/c1-11-5-4-6-13-15(11)17-14(7-9-16)18(13)12(2)8-10-19-3/h4-6,12H,7-10H2,1-3H3. The molecule has 1 atom stereocenters. The van der Waals surface area contributed by atoms with E-state index < -0.39 is 0 Å². The summed E-state index contributed by atoms with van der Waals surface area (Å²) in [6, 6.07) is 6.69. The second kappa shape index (κ2) is 6.40. The van der Waals surface area contributed by atoms with Gasteiger partial charge in [-0.25, -0.2) is 4.98 Å². The van der Waals surface area contributed by atoms with Crippen molar-refractivity contribution in [3.63, 3.8) is 0 Å². The SMILES string of the molecule is COCCC(C)n1c(CCCl)nc2c(C)cccc21. The lowest BCUT2D eigenvalue weighted by Crippen LogP contribution is -2.12. The molecule has 0 amide bonds. The summed E-state index contributed by atoms with van der Waals surface area (Å²) in [4.78, 5) is 4.77. The lowest BCUT2D eigenvalue weighted by atomic mass is 10.2. The maximum atomic E-state index is 5.91. The predicted molar refractivity (Wildman–Crippen MR) is 80.1 cm³/mol. The van der Waals surface area contributed by atoms with Crippen LogP contribution in [0.2, 0.25) is 0 Å². The number of halogens is 1. The minimum absolute atomic E-state index is 0.366. The maximum Gasteiger partial charge on any atom is 0.111 e. The highest BCUT2D eigenvalue weighted by Crippen LogP contribution is 2.25. The van der Waals surface area contributed by atoms with Gasteiger partial charge in [-0.3, -0.25) is 0 Å². The summed E-state index contributed by atoms with van der Waals surface area (Å²) < 4.78 is 7.50. The number of hydrogen-bond acceptors (Lipinski definition) is 2. The number of rotatable bonds is 6. The van der Waals surface area contributed by atoms with Crippen LogP contribution in [0.4, 0.5) is 0 Å². The van der Waals surface area contributed by atoms with Gasteiger partial charge in [0.25, 0.3) is 0 Å². The topological polar surface area (TPSA) is 27.1 Å². The van der Waals surface area contributed by atoms with E-state index in [0.29, 0.717) is 11.9 Å². The largest absolute Gasteiger partial charge is 0.385 e. The Morgan fingerprint density at radius 2 is 2.21 bits per heavy atom. The Kier molecular flexibility index (Phi) is 4.83. The van der Waals surface area contributed by atoms with Gasteiger partial charge in [-0.15, -0.1) is 11.6 Å². The first-order chi connectivity index (χ1) is 9.19. The fourth-order valence-corrected chi connectivity index (χ4v) is 2.64. The minimum atomic E-state index is 0.366. The molecule has 104 valence electrons. The van der Waals surface area contributed by atoms with Gasteiger partial charge >= 0.3 is 0 Å². The van der Waals surface area contributed by atoms with Crippen LogP contribution < -0.4 is 0 Å². The molecule has 3 nitrogen and oxygen atoms in total. The molecule has 0 aliphatic heterocycles. The van der Waals surface area contributed by atoms with E-state index in [1.165, 1.54) is 11.1 Å². The normalized spacial score (nSPS) is 13.1. The number of nitrogens with zero attached hydrogens (tertiary/aromatic N) is 2. The van der Waals surface area contributed by atoms with Crippen molar-refractivity contribution in [2.24, 2.45) is 0 Å². The van der Waals surface area contributed by atoms with Crippen molar-refractivity contribution in [1.29, 1.82) is 0 Å². The van der Waals surface area contributed by atoms with Crippen molar-refractivity contribution in [3.05, 3.63) is 29.6 Å². The zero-order valence-corrected chi connectivity index (χ0v) is 12.6. The summed E-state index contributed by atoms with van der Waals surface area (Å²) in [5, 5.41) is 0. The Morgan fingerprint density at radius 3 is 2.89 bits per heavy atom. The van der Waals surface area contributed by atoms with Gasteiger partial charge in [-0.05, 0) is 31.9 Å².